The first-order valence-electron chi connectivity index (χ1n) is 7.48. The number of rotatable bonds is 4. The molecule has 20 heavy (non-hydrogen) atoms. The molecule has 1 aliphatic rings. The van der Waals surface area contributed by atoms with Crippen LogP contribution in [0.3, 0.4) is 0 Å². The molecule has 1 amide bonds. The minimum atomic E-state index is -0.252. The van der Waals surface area contributed by atoms with Crippen LogP contribution in [0, 0.1) is 6.92 Å². The molecule has 2 rings (SSSR count). The Hall–Kier alpha value is -1.39. The molecule has 1 heterocycles. The SMILES string of the molecule is Cc1ccc([NH2+]C(=O)O[C@@H](C)CN2CCCCC2)cc1. The van der Waals surface area contributed by atoms with Gasteiger partial charge in [-0.2, -0.15) is 4.79 Å². The predicted molar refractivity (Wildman–Crippen MR) is 79.0 cm³/mol. The van der Waals surface area contributed by atoms with E-state index in [1.54, 1.807) is 5.32 Å². The number of hydrogen-bond acceptors (Lipinski definition) is 3. The monoisotopic (exact) mass is 277 g/mol. The number of nitrogens with zero attached hydrogens (tertiary/aromatic N) is 1. The highest BCUT2D eigenvalue weighted by Gasteiger charge is 2.18. The number of aryl methyl sites for hydroxylation is 1. The van der Waals surface area contributed by atoms with Crippen LogP contribution in [-0.2, 0) is 4.74 Å². The maximum Gasteiger partial charge on any atom is 0.518 e. The average Bonchev–Trinajstić information content (AvgIpc) is 2.42. The molecule has 1 aromatic carbocycles. The van der Waals surface area contributed by atoms with Gasteiger partial charge in [0.1, 0.15) is 11.8 Å². The lowest BCUT2D eigenvalue weighted by atomic mass is 10.1. The Morgan fingerprint density at radius 2 is 1.90 bits per heavy atom. The number of ether oxygens (including phenoxy) is 1. The van der Waals surface area contributed by atoms with Crippen molar-refractivity contribution in [3.8, 4) is 0 Å². The van der Waals surface area contributed by atoms with E-state index in [9.17, 15) is 4.79 Å². The van der Waals surface area contributed by atoms with E-state index in [1.165, 1.54) is 24.8 Å². The molecule has 0 saturated carbocycles. The lowest BCUT2D eigenvalue weighted by molar-refractivity contribution is -0.484. The molecule has 0 radical (unpaired) electrons. The first kappa shape index (κ1) is 15.0. The zero-order valence-electron chi connectivity index (χ0n) is 12.5. The van der Waals surface area contributed by atoms with Crippen LogP contribution in [-0.4, -0.2) is 36.7 Å². The van der Waals surface area contributed by atoms with Gasteiger partial charge in [-0.05, 0) is 51.9 Å². The van der Waals surface area contributed by atoms with Gasteiger partial charge in [0, 0.05) is 6.54 Å². The summed E-state index contributed by atoms with van der Waals surface area (Å²) in [6, 6.07) is 7.87. The largest absolute Gasteiger partial charge is 0.518 e. The van der Waals surface area contributed by atoms with Crippen molar-refractivity contribution in [2.45, 2.75) is 39.2 Å². The molecule has 0 aliphatic carbocycles. The van der Waals surface area contributed by atoms with Gasteiger partial charge in [-0.1, -0.05) is 24.1 Å². The van der Waals surface area contributed by atoms with Gasteiger partial charge < -0.3 is 4.74 Å². The van der Waals surface area contributed by atoms with Crippen LogP contribution >= 0.6 is 0 Å². The van der Waals surface area contributed by atoms with E-state index in [0.29, 0.717) is 0 Å². The fraction of sp³-hybridized carbons (Fsp3) is 0.562. The number of hydrogen-bond donors (Lipinski definition) is 1. The zero-order valence-corrected chi connectivity index (χ0v) is 12.5. The van der Waals surface area contributed by atoms with E-state index in [-0.39, 0.29) is 12.2 Å². The number of amides is 1. The van der Waals surface area contributed by atoms with Crippen molar-refractivity contribution in [2.24, 2.45) is 0 Å². The first-order chi connectivity index (χ1) is 9.63. The van der Waals surface area contributed by atoms with Crippen molar-refractivity contribution in [1.82, 2.24) is 4.90 Å². The maximum absolute atomic E-state index is 11.9. The summed E-state index contributed by atoms with van der Waals surface area (Å²) in [6.07, 6.45) is 3.54. The van der Waals surface area contributed by atoms with Gasteiger partial charge in [-0.25, -0.2) is 5.32 Å². The van der Waals surface area contributed by atoms with Crippen LogP contribution < -0.4 is 5.32 Å². The Balaban J connectivity index is 1.74. The molecule has 1 saturated heterocycles. The maximum atomic E-state index is 11.9. The number of quaternary nitrogens is 1. The topological polar surface area (TPSA) is 46.1 Å². The van der Waals surface area contributed by atoms with Crippen molar-refractivity contribution in [1.29, 1.82) is 0 Å². The van der Waals surface area contributed by atoms with Crippen molar-refractivity contribution in [2.75, 3.05) is 19.6 Å². The minimum absolute atomic E-state index is 0.0534. The van der Waals surface area contributed by atoms with E-state index in [4.69, 9.17) is 4.74 Å². The lowest BCUT2D eigenvalue weighted by Gasteiger charge is -2.28. The number of piperidine rings is 1. The summed E-state index contributed by atoms with van der Waals surface area (Å²) in [7, 11) is 0. The number of carbonyl (C=O) groups is 1. The predicted octanol–water partition coefficient (Wildman–Crippen LogP) is 2.20. The van der Waals surface area contributed by atoms with Crippen molar-refractivity contribution in [3.63, 3.8) is 0 Å². The third-order valence-corrected chi connectivity index (χ3v) is 3.64. The molecule has 0 bridgehead atoms. The average molecular weight is 277 g/mol. The summed E-state index contributed by atoms with van der Waals surface area (Å²) in [6.45, 7) is 7.10. The fourth-order valence-corrected chi connectivity index (χ4v) is 2.57. The molecule has 4 heteroatoms. The molecular formula is C16H25N2O2+. The van der Waals surface area contributed by atoms with E-state index >= 15 is 0 Å². The summed E-state index contributed by atoms with van der Waals surface area (Å²) in [5.74, 6) is 0. The normalized spacial score (nSPS) is 17.7. The Morgan fingerprint density at radius 1 is 1.25 bits per heavy atom. The van der Waals surface area contributed by atoms with Crippen molar-refractivity contribution >= 4 is 11.8 Å². The summed E-state index contributed by atoms with van der Waals surface area (Å²) in [5, 5.41) is 1.56. The molecule has 1 atom stereocenters. The molecule has 2 N–H and O–H groups in total. The number of likely N-dealkylation sites (tertiary alicyclic amines) is 1. The molecular weight excluding hydrogens is 252 g/mol. The van der Waals surface area contributed by atoms with E-state index in [1.807, 2.05) is 38.1 Å². The second-order valence-electron chi connectivity index (χ2n) is 5.66. The van der Waals surface area contributed by atoms with Gasteiger partial charge in [0.2, 0.25) is 0 Å². The zero-order chi connectivity index (χ0) is 14.4. The fourth-order valence-electron chi connectivity index (χ4n) is 2.57. The van der Waals surface area contributed by atoms with Gasteiger partial charge in [0.05, 0.1) is 0 Å². The standard InChI is InChI=1S/C16H24N2O2/c1-13-6-8-15(9-7-13)17-16(19)20-14(2)12-18-10-4-3-5-11-18/h6-9,14H,3-5,10-12H2,1-2H3,(H,17,19)/p+1/t14-/m0/s1. The van der Waals surface area contributed by atoms with Crippen LogP contribution in [0.1, 0.15) is 31.7 Å². The molecule has 0 unspecified atom stereocenters. The highest BCUT2D eigenvalue weighted by Crippen LogP contribution is 2.09. The first-order valence-corrected chi connectivity index (χ1v) is 7.48. The lowest BCUT2D eigenvalue weighted by Crippen LogP contribution is -2.82. The van der Waals surface area contributed by atoms with E-state index < -0.39 is 0 Å². The molecule has 0 aromatic heterocycles. The Morgan fingerprint density at radius 3 is 2.55 bits per heavy atom. The highest BCUT2D eigenvalue weighted by molar-refractivity contribution is 5.59. The second kappa shape index (κ2) is 7.41. The minimum Gasteiger partial charge on any atom is -0.415 e. The van der Waals surface area contributed by atoms with E-state index in [2.05, 4.69) is 4.90 Å². The van der Waals surface area contributed by atoms with Gasteiger partial charge in [0.15, 0.2) is 0 Å². The van der Waals surface area contributed by atoms with Gasteiger partial charge >= 0.3 is 6.09 Å². The third kappa shape index (κ3) is 4.94. The summed E-state index contributed by atoms with van der Waals surface area (Å²) >= 11 is 0. The molecule has 1 aliphatic heterocycles. The molecule has 0 spiro atoms. The van der Waals surface area contributed by atoms with Crippen molar-refractivity contribution < 1.29 is 14.8 Å². The quantitative estimate of drug-likeness (QED) is 0.858. The Bertz CT molecular complexity index is 425. The number of carbonyl (C=O) groups excluding carboxylic acids is 1. The summed E-state index contributed by atoms with van der Waals surface area (Å²) in [4.78, 5) is 14.2. The van der Waals surface area contributed by atoms with Crippen molar-refractivity contribution in [3.05, 3.63) is 29.8 Å². The van der Waals surface area contributed by atoms with Gasteiger partial charge in [-0.3, -0.25) is 4.90 Å². The highest BCUT2D eigenvalue weighted by atomic mass is 16.6. The number of nitrogens with two attached hydrogens (primary N) is 1. The molecule has 1 aromatic rings. The molecule has 110 valence electrons. The Kier molecular flexibility index (Phi) is 5.56. The molecule has 4 nitrogen and oxygen atoms in total. The van der Waals surface area contributed by atoms with Crippen LogP contribution in [0.2, 0.25) is 0 Å². The number of primary amides is 1. The van der Waals surface area contributed by atoms with Crippen LogP contribution in [0.25, 0.3) is 0 Å². The smallest absolute Gasteiger partial charge is 0.415 e. The third-order valence-electron chi connectivity index (χ3n) is 3.64. The van der Waals surface area contributed by atoms with Crippen LogP contribution in [0.15, 0.2) is 24.3 Å². The van der Waals surface area contributed by atoms with Gasteiger partial charge in [0.25, 0.3) is 0 Å². The van der Waals surface area contributed by atoms with Gasteiger partial charge in [-0.15, -0.1) is 0 Å². The number of benzene rings is 1. The van der Waals surface area contributed by atoms with Crippen LogP contribution in [0.4, 0.5) is 10.5 Å². The Labute approximate surface area is 121 Å². The summed E-state index contributed by atoms with van der Waals surface area (Å²) < 4.78 is 5.45. The van der Waals surface area contributed by atoms with E-state index in [0.717, 1.165) is 25.3 Å². The second-order valence-corrected chi connectivity index (χ2v) is 5.66. The summed E-state index contributed by atoms with van der Waals surface area (Å²) in [5.41, 5.74) is 2.08. The van der Waals surface area contributed by atoms with Crippen LogP contribution in [0.5, 0.6) is 0 Å². The molecule has 1 fully saturated rings.